The largest absolute Gasteiger partial charge is 1.00 e. The van der Waals surface area contributed by atoms with E-state index in [0.717, 1.165) is 4.90 Å². The first-order valence-corrected chi connectivity index (χ1v) is 9.88. The average Bonchev–Trinajstić information content (AvgIpc) is 3.18. The first-order valence-electron chi connectivity index (χ1n) is 7.95. The number of oxime groups is 1. The molecule has 2 atom stereocenters. The van der Waals surface area contributed by atoms with Crippen molar-refractivity contribution < 1.29 is 65.2 Å². The minimum Gasteiger partial charge on any atom is -1.00 e. The Morgan fingerprint density at radius 3 is 2.72 bits per heavy atom. The molecule has 2 aliphatic heterocycles. The summed E-state index contributed by atoms with van der Waals surface area (Å²) in [6.45, 7) is 0.977. The van der Waals surface area contributed by atoms with Gasteiger partial charge in [-0.3, -0.25) is 19.3 Å². The maximum atomic E-state index is 12.5. The molecule has 10 nitrogen and oxygen atoms in total. The summed E-state index contributed by atoms with van der Waals surface area (Å²) >= 11 is 2.44. The van der Waals surface area contributed by atoms with Gasteiger partial charge in [-0.2, -0.15) is 0 Å². The van der Waals surface area contributed by atoms with Gasteiger partial charge >= 0.3 is 41.5 Å². The number of rotatable bonds is 6. The van der Waals surface area contributed by atoms with E-state index in [1.165, 1.54) is 30.0 Å². The van der Waals surface area contributed by atoms with E-state index in [9.17, 15) is 24.3 Å². The first-order chi connectivity index (χ1) is 13.3. The number of esters is 1. The minimum atomic E-state index is -1.32. The maximum Gasteiger partial charge on any atom is 1.00 e. The molecule has 0 unspecified atom stereocenters. The van der Waals surface area contributed by atoms with Crippen LogP contribution in [0.5, 0.6) is 0 Å². The Morgan fingerprint density at radius 1 is 1.45 bits per heavy atom. The van der Waals surface area contributed by atoms with Crippen LogP contribution in [0.15, 0.2) is 33.9 Å². The number of nitrogens with zero attached hydrogens (tertiary/aromatic N) is 2. The summed E-state index contributed by atoms with van der Waals surface area (Å²) in [6.07, 6.45) is 0. The molecule has 0 bridgehead atoms. The fourth-order valence-electron chi connectivity index (χ4n) is 2.81. The number of hydrogen-bond acceptors (Lipinski definition) is 9. The van der Waals surface area contributed by atoms with Crippen molar-refractivity contribution in [3.63, 3.8) is 0 Å². The molecule has 1 aromatic rings. The van der Waals surface area contributed by atoms with Crippen LogP contribution in [0.1, 0.15) is 13.2 Å². The standard InChI is InChI=1S/C16H15N3O7S2.Na.H/c1-7(20)26-5-8-6-28-15-11(14(22)19(15)12(8)16(23)24)17-13(21)10(18-25)9-3-2-4-27-9;;/h2-4,11,15,25H,5-6H2,1H3,(H,17,21)(H,23,24);;/q;+1;-1/b18-10-;;/t11-,15-;;/m1../s1. The molecule has 0 saturated carbocycles. The molecule has 13 heteroatoms. The SMILES string of the molecule is CC(=O)OCC1=C(C(=O)O)N2C(=O)[C@@H](NC(=O)/C(=N\O)c3cccs3)[C@H]2SC1.[H-].[Na+]. The van der Waals surface area contributed by atoms with Gasteiger partial charge < -0.3 is 21.8 Å². The van der Waals surface area contributed by atoms with Crippen LogP contribution < -0.4 is 34.9 Å². The Balaban J connectivity index is 0.00000225. The van der Waals surface area contributed by atoms with E-state index in [4.69, 9.17) is 9.94 Å². The number of ether oxygens (including phenoxy) is 1. The molecule has 2 amide bonds. The first kappa shape index (κ1) is 23.4. The van der Waals surface area contributed by atoms with Crippen LogP contribution in [0.2, 0.25) is 0 Å². The van der Waals surface area contributed by atoms with Gasteiger partial charge in [-0.1, -0.05) is 11.2 Å². The van der Waals surface area contributed by atoms with Gasteiger partial charge in [0.25, 0.3) is 11.8 Å². The number of carbonyl (C=O) groups is 4. The summed E-state index contributed by atoms with van der Waals surface area (Å²) in [5, 5.41) is 25.2. The van der Waals surface area contributed by atoms with Crippen molar-refractivity contribution in [3.8, 4) is 0 Å². The van der Waals surface area contributed by atoms with E-state index in [-0.39, 0.29) is 54.8 Å². The third-order valence-corrected chi connectivity index (χ3v) is 6.27. The molecule has 0 radical (unpaired) electrons. The summed E-state index contributed by atoms with van der Waals surface area (Å²) < 4.78 is 4.86. The van der Waals surface area contributed by atoms with E-state index in [1.807, 2.05) is 0 Å². The molecule has 2 aliphatic rings. The minimum absolute atomic E-state index is 0. The predicted octanol–water partition coefficient (Wildman–Crippen LogP) is -2.66. The molecule has 0 aromatic carbocycles. The molecule has 1 fully saturated rings. The quantitative estimate of drug-likeness (QED) is 0.107. The fraction of sp³-hybridized carbons (Fsp3) is 0.312. The zero-order valence-corrected chi connectivity index (χ0v) is 19.1. The third kappa shape index (κ3) is 4.67. The number of aliphatic carboxylic acids is 1. The summed E-state index contributed by atoms with van der Waals surface area (Å²) in [5.41, 5.74) is -0.167. The summed E-state index contributed by atoms with van der Waals surface area (Å²) in [5.74, 6) is -3.00. The predicted molar refractivity (Wildman–Crippen MR) is 100 cm³/mol. The number of carboxylic acids is 1. The van der Waals surface area contributed by atoms with Gasteiger partial charge in [0.15, 0.2) is 5.71 Å². The van der Waals surface area contributed by atoms with Crippen LogP contribution in [-0.4, -0.2) is 68.5 Å². The van der Waals surface area contributed by atoms with Gasteiger partial charge in [-0.15, -0.1) is 23.1 Å². The van der Waals surface area contributed by atoms with Gasteiger partial charge in [0.2, 0.25) is 0 Å². The number of amides is 2. The zero-order chi connectivity index (χ0) is 20.4. The number of nitrogens with one attached hydrogen (secondary N) is 1. The van der Waals surface area contributed by atoms with Crippen molar-refractivity contribution >= 4 is 52.6 Å². The Labute approximate surface area is 196 Å². The molecule has 29 heavy (non-hydrogen) atoms. The topological polar surface area (TPSA) is 146 Å². The number of carboxylic acid groups (broad SMARTS) is 1. The molecule has 150 valence electrons. The molecule has 1 aromatic heterocycles. The van der Waals surface area contributed by atoms with E-state index in [0.29, 0.717) is 10.5 Å². The van der Waals surface area contributed by atoms with E-state index < -0.39 is 35.2 Å². The van der Waals surface area contributed by atoms with Crippen molar-refractivity contribution in [2.24, 2.45) is 5.16 Å². The fourth-order valence-corrected chi connectivity index (χ4v) is 4.85. The second-order valence-electron chi connectivity index (χ2n) is 5.82. The average molecular weight is 449 g/mol. The summed E-state index contributed by atoms with van der Waals surface area (Å²) in [7, 11) is 0. The molecule has 3 heterocycles. The van der Waals surface area contributed by atoms with Crippen LogP contribution in [-0.2, 0) is 23.9 Å². The van der Waals surface area contributed by atoms with E-state index >= 15 is 0 Å². The third-order valence-electron chi connectivity index (χ3n) is 4.06. The number of hydrogen-bond donors (Lipinski definition) is 3. The van der Waals surface area contributed by atoms with Crippen molar-refractivity contribution in [2.75, 3.05) is 12.4 Å². The Hall–Kier alpha value is -1.86. The Morgan fingerprint density at radius 2 is 2.17 bits per heavy atom. The van der Waals surface area contributed by atoms with Gasteiger partial charge in [0.1, 0.15) is 23.7 Å². The molecular formula is C16H16N3NaO7S2. The molecule has 3 rings (SSSR count). The van der Waals surface area contributed by atoms with Crippen molar-refractivity contribution in [1.29, 1.82) is 0 Å². The van der Waals surface area contributed by atoms with Crippen LogP contribution in [0.25, 0.3) is 0 Å². The summed E-state index contributed by atoms with van der Waals surface area (Å²) in [6, 6.07) is 2.31. The van der Waals surface area contributed by atoms with Crippen molar-refractivity contribution in [1.82, 2.24) is 10.2 Å². The van der Waals surface area contributed by atoms with Gasteiger partial charge in [-0.25, -0.2) is 4.79 Å². The monoisotopic (exact) mass is 449 g/mol. The molecule has 0 aliphatic carbocycles. The Kier molecular flexibility index (Phi) is 7.88. The van der Waals surface area contributed by atoms with Gasteiger partial charge in [0, 0.05) is 18.2 Å². The molecular weight excluding hydrogens is 433 g/mol. The molecule has 0 spiro atoms. The van der Waals surface area contributed by atoms with Gasteiger partial charge in [-0.05, 0) is 11.4 Å². The van der Waals surface area contributed by atoms with E-state index in [1.54, 1.807) is 17.5 Å². The zero-order valence-electron chi connectivity index (χ0n) is 16.4. The van der Waals surface area contributed by atoms with Crippen LogP contribution in [0.3, 0.4) is 0 Å². The smallest absolute Gasteiger partial charge is 1.00 e. The maximum absolute atomic E-state index is 12.5. The van der Waals surface area contributed by atoms with Crippen LogP contribution >= 0.6 is 23.1 Å². The van der Waals surface area contributed by atoms with Crippen LogP contribution in [0.4, 0.5) is 0 Å². The number of thiophene rings is 1. The number of fused-ring (bicyclic) bond motifs is 1. The second kappa shape index (κ2) is 9.76. The normalized spacial score (nSPS) is 20.9. The number of thioether (sulfide) groups is 1. The van der Waals surface area contributed by atoms with Crippen molar-refractivity contribution in [3.05, 3.63) is 33.7 Å². The van der Waals surface area contributed by atoms with Crippen LogP contribution in [0, 0.1) is 0 Å². The molecule has 3 N–H and O–H groups in total. The number of β-lactam (4-membered cyclic amide) rings is 1. The second-order valence-corrected chi connectivity index (χ2v) is 7.88. The summed E-state index contributed by atoms with van der Waals surface area (Å²) in [4.78, 5) is 49.0. The van der Waals surface area contributed by atoms with Gasteiger partial charge in [0.05, 0.1) is 4.88 Å². The number of carbonyl (C=O) groups excluding carboxylic acids is 3. The van der Waals surface area contributed by atoms with E-state index in [2.05, 4.69) is 10.5 Å². The van der Waals surface area contributed by atoms with Crippen molar-refractivity contribution in [2.45, 2.75) is 18.3 Å². The Bertz CT molecular complexity index is 907. The molecule has 1 saturated heterocycles.